The van der Waals surface area contributed by atoms with Crippen molar-refractivity contribution in [2.45, 2.75) is 54.2 Å². The van der Waals surface area contributed by atoms with Crippen molar-refractivity contribution in [2.75, 3.05) is 13.2 Å². The second-order valence-electron chi connectivity index (χ2n) is 7.05. The first-order chi connectivity index (χ1) is 15.1. The summed E-state index contributed by atoms with van der Waals surface area (Å²) in [6.45, 7) is 3.11. The minimum absolute atomic E-state index is 0.0789. The maximum atomic E-state index is 11.4. The molecule has 2 N–H and O–H groups in total. The van der Waals surface area contributed by atoms with Crippen molar-refractivity contribution in [1.82, 2.24) is 15.0 Å². The van der Waals surface area contributed by atoms with Crippen molar-refractivity contribution >= 4 is 35.7 Å². The van der Waals surface area contributed by atoms with Crippen molar-refractivity contribution in [3.63, 3.8) is 0 Å². The molecular weight excluding hydrogens is 436 g/mol. The lowest BCUT2D eigenvalue weighted by molar-refractivity contribution is -0.136. The highest BCUT2D eigenvalue weighted by Crippen LogP contribution is 2.48. The van der Waals surface area contributed by atoms with Crippen LogP contribution in [-0.2, 0) is 16.2 Å². The summed E-state index contributed by atoms with van der Waals surface area (Å²) in [5.41, 5.74) is 1.46. The van der Waals surface area contributed by atoms with Crippen LogP contribution in [0.25, 0.3) is 0 Å². The van der Waals surface area contributed by atoms with Crippen LogP contribution in [0.2, 0.25) is 0 Å². The Hall–Kier alpha value is -2.30. The highest BCUT2D eigenvalue weighted by molar-refractivity contribution is 8.08. The van der Waals surface area contributed by atoms with Gasteiger partial charge in [0.05, 0.1) is 30.2 Å². The number of aliphatic hydroxyl groups is 1. The number of aliphatic hydroxyl groups excluding tert-OH is 1. The molecule has 0 radical (unpaired) electrons. The van der Waals surface area contributed by atoms with E-state index in [1.165, 1.54) is 29.7 Å². The van der Waals surface area contributed by atoms with Crippen LogP contribution in [0.15, 0.2) is 55.9 Å². The lowest BCUT2D eigenvalue weighted by Gasteiger charge is -2.26. The molecule has 0 amide bonds. The molecule has 1 aromatic heterocycles. The number of thioether (sulfide) groups is 2. The number of carboxylic acid groups (broad SMARTS) is 1. The Morgan fingerprint density at radius 2 is 2.10 bits per heavy atom. The predicted octanol–water partition coefficient (Wildman–Crippen LogP) is 3.75. The Labute approximate surface area is 189 Å². The lowest BCUT2D eigenvalue weighted by atomic mass is 10.1. The Morgan fingerprint density at radius 3 is 2.81 bits per heavy atom. The fourth-order valence-electron chi connectivity index (χ4n) is 3.05. The number of nitrogens with zero attached hydrogens (tertiary/aromatic N) is 4. The summed E-state index contributed by atoms with van der Waals surface area (Å²) in [4.78, 5) is 19.7. The van der Waals surface area contributed by atoms with E-state index in [4.69, 9.17) is 4.84 Å². The smallest absolute Gasteiger partial charge is 0.307 e. The first-order valence-corrected chi connectivity index (χ1v) is 11.8. The number of carboxylic acids is 1. The van der Waals surface area contributed by atoms with Crippen LogP contribution < -0.4 is 0 Å². The topological polar surface area (TPSA) is 110 Å². The van der Waals surface area contributed by atoms with Crippen LogP contribution in [0.1, 0.15) is 31.4 Å². The van der Waals surface area contributed by atoms with Gasteiger partial charge in [-0.1, -0.05) is 34.3 Å². The van der Waals surface area contributed by atoms with Gasteiger partial charge in [-0.3, -0.25) is 9.48 Å². The number of aliphatic carboxylic acids is 1. The third kappa shape index (κ3) is 7.12. The van der Waals surface area contributed by atoms with Gasteiger partial charge in [0.1, 0.15) is 6.61 Å². The number of oxime groups is 1. The zero-order valence-corrected chi connectivity index (χ0v) is 18.9. The molecule has 8 nitrogen and oxygen atoms in total. The normalized spacial score (nSPS) is 17.5. The number of hydrogen-bond acceptors (Lipinski definition) is 8. The van der Waals surface area contributed by atoms with Gasteiger partial charge in [-0.05, 0) is 43.9 Å². The summed E-state index contributed by atoms with van der Waals surface area (Å²) in [7, 11) is 0. The van der Waals surface area contributed by atoms with E-state index in [0.29, 0.717) is 12.2 Å². The minimum atomic E-state index is -0.946. The molecule has 0 saturated carbocycles. The molecule has 2 heterocycles. The molecule has 0 fully saturated rings. The third-order valence-electron chi connectivity index (χ3n) is 4.51. The van der Waals surface area contributed by atoms with Crippen molar-refractivity contribution in [3.05, 3.63) is 46.6 Å². The quantitative estimate of drug-likeness (QED) is 0.295. The molecule has 0 bridgehead atoms. The molecule has 10 heteroatoms. The van der Waals surface area contributed by atoms with Gasteiger partial charge in [-0.25, -0.2) is 0 Å². The standard InChI is InChI=1S/C21H26N4O4S2/c1-15-13-25(24-23-15)9-5-2-6-10-29-22-12-16(11-20(27)28)21-19(14-26)30-17-7-3-4-8-18(17)31-21/h3-4,7-8,12-13,19,26H,2,5-6,9-11,14H2,1H3,(H,27,28)/b21-16-,22-12+. The molecule has 0 saturated heterocycles. The summed E-state index contributed by atoms with van der Waals surface area (Å²) in [6.07, 6.45) is 5.99. The van der Waals surface area contributed by atoms with Crippen molar-refractivity contribution in [3.8, 4) is 0 Å². The number of benzene rings is 1. The van der Waals surface area contributed by atoms with Gasteiger partial charge in [0, 0.05) is 27.4 Å². The van der Waals surface area contributed by atoms with E-state index in [-0.39, 0.29) is 18.3 Å². The minimum Gasteiger partial charge on any atom is -0.481 e. The van der Waals surface area contributed by atoms with Crippen LogP contribution in [0.5, 0.6) is 0 Å². The number of hydrogen-bond donors (Lipinski definition) is 2. The van der Waals surface area contributed by atoms with E-state index >= 15 is 0 Å². The van der Waals surface area contributed by atoms with Gasteiger partial charge in [0.25, 0.3) is 0 Å². The molecule has 31 heavy (non-hydrogen) atoms. The van der Waals surface area contributed by atoms with Crippen LogP contribution in [0.4, 0.5) is 0 Å². The van der Waals surface area contributed by atoms with Crippen molar-refractivity contribution < 1.29 is 19.8 Å². The van der Waals surface area contributed by atoms with Crippen LogP contribution >= 0.6 is 23.5 Å². The maximum Gasteiger partial charge on any atom is 0.307 e. The Bertz CT molecular complexity index is 945. The molecule has 0 spiro atoms. The fraction of sp³-hybridized carbons (Fsp3) is 0.429. The van der Waals surface area contributed by atoms with Gasteiger partial charge in [0.2, 0.25) is 0 Å². The molecule has 1 unspecified atom stereocenters. The highest BCUT2D eigenvalue weighted by atomic mass is 32.2. The second kappa shape index (κ2) is 11.9. The summed E-state index contributed by atoms with van der Waals surface area (Å²) in [6, 6.07) is 7.90. The first-order valence-electron chi connectivity index (χ1n) is 10.1. The average molecular weight is 463 g/mol. The third-order valence-corrected chi connectivity index (χ3v) is 7.41. The van der Waals surface area contributed by atoms with Gasteiger partial charge in [-0.2, -0.15) is 0 Å². The van der Waals surface area contributed by atoms with Gasteiger partial charge in [0.15, 0.2) is 0 Å². The molecular formula is C21H26N4O4S2. The average Bonchev–Trinajstić information content (AvgIpc) is 3.18. The molecule has 1 atom stereocenters. The van der Waals surface area contributed by atoms with E-state index in [1.807, 2.05) is 42.1 Å². The lowest BCUT2D eigenvalue weighted by Crippen LogP contribution is -2.17. The van der Waals surface area contributed by atoms with Gasteiger partial charge in [-0.15, -0.1) is 16.9 Å². The van der Waals surface area contributed by atoms with Crippen molar-refractivity contribution in [1.29, 1.82) is 0 Å². The summed E-state index contributed by atoms with van der Waals surface area (Å²) in [5.74, 6) is -0.946. The van der Waals surface area contributed by atoms with E-state index < -0.39 is 5.97 Å². The number of carbonyl (C=O) groups is 1. The molecule has 2 aromatic rings. The maximum absolute atomic E-state index is 11.4. The van der Waals surface area contributed by atoms with Gasteiger partial charge >= 0.3 is 5.97 Å². The molecule has 0 aliphatic carbocycles. The second-order valence-corrected chi connectivity index (χ2v) is 9.38. The summed E-state index contributed by atoms with van der Waals surface area (Å²) < 4.78 is 1.83. The summed E-state index contributed by atoms with van der Waals surface area (Å²) in [5, 5.41) is 30.9. The van der Waals surface area contributed by atoms with Crippen LogP contribution in [-0.4, -0.2) is 55.9 Å². The number of aryl methyl sites for hydroxylation is 2. The SMILES string of the molecule is Cc1cn(CCCCCO/N=C/C(CC(=O)O)=C2\Sc3ccccc3SC2CO)nn1. The number of unbranched alkanes of at least 4 members (excludes halogenated alkanes) is 2. The summed E-state index contributed by atoms with van der Waals surface area (Å²) >= 11 is 3.03. The van der Waals surface area contributed by atoms with E-state index in [1.54, 1.807) is 0 Å². The first kappa shape index (κ1) is 23.4. The number of rotatable bonds is 11. The fourth-order valence-corrected chi connectivity index (χ4v) is 5.60. The monoisotopic (exact) mass is 462 g/mol. The zero-order valence-electron chi connectivity index (χ0n) is 17.3. The van der Waals surface area contributed by atoms with E-state index in [2.05, 4.69) is 15.5 Å². The molecule has 166 valence electrons. The van der Waals surface area contributed by atoms with Crippen molar-refractivity contribution in [2.24, 2.45) is 5.16 Å². The Morgan fingerprint density at radius 1 is 1.29 bits per heavy atom. The Kier molecular flexibility index (Phi) is 8.98. The molecule has 1 aromatic carbocycles. The van der Waals surface area contributed by atoms with Crippen LogP contribution in [0, 0.1) is 6.92 Å². The van der Waals surface area contributed by atoms with E-state index in [0.717, 1.165) is 46.2 Å². The Balaban J connectivity index is 1.54. The number of aromatic nitrogens is 3. The zero-order chi connectivity index (χ0) is 22.1. The van der Waals surface area contributed by atoms with E-state index in [9.17, 15) is 15.0 Å². The molecule has 1 aliphatic heterocycles. The van der Waals surface area contributed by atoms with Crippen LogP contribution in [0.3, 0.4) is 0 Å². The predicted molar refractivity (Wildman–Crippen MR) is 121 cm³/mol. The molecule has 3 rings (SSSR count). The highest BCUT2D eigenvalue weighted by Gasteiger charge is 2.27. The van der Waals surface area contributed by atoms with Gasteiger partial charge < -0.3 is 15.1 Å². The largest absolute Gasteiger partial charge is 0.481 e. The molecule has 1 aliphatic rings. The number of fused-ring (bicyclic) bond motifs is 1.